The van der Waals surface area contributed by atoms with Crippen LogP contribution in [0.1, 0.15) is 27.7 Å². The highest BCUT2D eigenvalue weighted by molar-refractivity contribution is 5.80. The summed E-state index contributed by atoms with van der Waals surface area (Å²) in [5, 5.41) is 6.65. The second-order valence-electron chi connectivity index (χ2n) is 5.10. The summed E-state index contributed by atoms with van der Waals surface area (Å²) in [5.41, 5.74) is 0. The average Bonchev–Trinajstić information content (AvgIpc) is 2.44. The van der Waals surface area contributed by atoms with Crippen molar-refractivity contribution in [3.63, 3.8) is 0 Å². The molecule has 1 atom stereocenters. The Kier molecular flexibility index (Phi) is 7.55. The normalized spacial score (nSPS) is 13.2. The van der Waals surface area contributed by atoms with Gasteiger partial charge in [0.2, 0.25) is 0 Å². The molecule has 112 valence electrons. The SMILES string of the molecule is CCNC(=NCCOc1ccccc1)NC(C)C(C)C. The molecule has 0 aliphatic heterocycles. The van der Waals surface area contributed by atoms with E-state index < -0.39 is 0 Å². The number of nitrogens with zero attached hydrogens (tertiary/aromatic N) is 1. The van der Waals surface area contributed by atoms with E-state index in [1.165, 1.54) is 0 Å². The summed E-state index contributed by atoms with van der Waals surface area (Å²) in [5.74, 6) is 2.31. The highest BCUT2D eigenvalue weighted by atomic mass is 16.5. The molecule has 0 aliphatic rings. The van der Waals surface area contributed by atoms with Crippen LogP contribution in [-0.2, 0) is 0 Å². The first-order valence-electron chi connectivity index (χ1n) is 7.36. The minimum absolute atomic E-state index is 0.392. The maximum Gasteiger partial charge on any atom is 0.191 e. The van der Waals surface area contributed by atoms with Gasteiger partial charge >= 0.3 is 0 Å². The number of rotatable bonds is 7. The molecule has 0 bridgehead atoms. The van der Waals surface area contributed by atoms with E-state index in [1.54, 1.807) is 0 Å². The van der Waals surface area contributed by atoms with Crippen LogP contribution in [0.25, 0.3) is 0 Å². The van der Waals surface area contributed by atoms with Crippen LogP contribution in [-0.4, -0.2) is 31.7 Å². The maximum absolute atomic E-state index is 5.62. The molecule has 0 aliphatic carbocycles. The summed E-state index contributed by atoms with van der Waals surface area (Å²) < 4.78 is 5.62. The first-order valence-corrected chi connectivity index (χ1v) is 7.36. The average molecular weight is 277 g/mol. The molecule has 1 aromatic rings. The summed E-state index contributed by atoms with van der Waals surface area (Å²) in [6, 6.07) is 10.2. The molecule has 0 spiro atoms. The zero-order chi connectivity index (χ0) is 14.8. The Balaban J connectivity index is 2.38. The third-order valence-corrected chi connectivity index (χ3v) is 3.08. The standard InChI is InChI=1S/C16H27N3O/c1-5-17-16(19-14(4)13(2)3)18-11-12-20-15-9-7-6-8-10-15/h6-10,13-14H,5,11-12H2,1-4H3,(H2,17,18,19). The second-order valence-corrected chi connectivity index (χ2v) is 5.10. The number of para-hydroxylation sites is 1. The van der Waals surface area contributed by atoms with E-state index in [0.717, 1.165) is 18.3 Å². The molecule has 0 saturated carbocycles. The van der Waals surface area contributed by atoms with Gasteiger partial charge in [0.25, 0.3) is 0 Å². The van der Waals surface area contributed by atoms with Gasteiger partial charge < -0.3 is 15.4 Å². The van der Waals surface area contributed by atoms with Gasteiger partial charge in [-0.15, -0.1) is 0 Å². The minimum atomic E-state index is 0.392. The summed E-state index contributed by atoms with van der Waals surface area (Å²) in [4.78, 5) is 4.52. The molecule has 4 heteroatoms. The Morgan fingerprint density at radius 2 is 1.90 bits per heavy atom. The molecule has 0 radical (unpaired) electrons. The smallest absolute Gasteiger partial charge is 0.191 e. The molecular weight excluding hydrogens is 250 g/mol. The number of guanidine groups is 1. The maximum atomic E-state index is 5.62. The second kappa shape index (κ2) is 9.23. The fourth-order valence-corrected chi connectivity index (χ4v) is 1.54. The van der Waals surface area contributed by atoms with Gasteiger partial charge in [0.05, 0.1) is 6.54 Å². The fourth-order valence-electron chi connectivity index (χ4n) is 1.54. The van der Waals surface area contributed by atoms with E-state index in [-0.39, 0.29) is 0 Å². The van der Waals surface area contributed by atoms with E-state index >= 15 is 0 Å². The summed E-state index contributed by atoms with van der Waals surface area (Å²) in [6.07, 6.45) is 0. The Labute approximate surface area is 122 Å². The van der Waals surface area contributed by atoms with Crippen molar-refractivity contribution in [2.45, 2.75) is 33.7 Å². The van der Waals surface area contributed by atoms with Crippen LogP contribution in [0.15, 0.2) is 35.3 Å². The van der Waals surface area contributed by atoms with E-state index in [1.807, 2.05) is 30.3 Å². The topological polar surface area (TPSA) is 45.7 Å². The molecule has 1 unspecified atom stereocenters. The number of hydrogen-bond donors (Lipinski definition) is 2. The van der Waals surface area contributed by atoms with Crippen LogP contribution in [0.3, 0.4) is 0 Å². The van der Waals surface area contributed by atoms with Gasteiger partial charge in [-0.2, -0.15) is 0 Å². The van der Waals surface area contributed by atoms with Crippen LogP contribution >= 0.6 is 0 Å². The first-order chi connectivity index (χ1) is 9.63. The predicted octanol–water partition coefficient (Wildman–Crippen LogP) is 2.67. The molecule has 1 aromatic carbocycles. The van der Waals surface area contributed by atoms with Gasteiger partial charge in [-0.3, -0.25) is 0 Å². The van der Waals surface area contributed by atoms with Crippen molar-refractivity contribution in [1.82, 2.24) is 10.6 Å². The van der Waals surface area contributed by atoms with E-state index in [9.17, 15) is 0 Å². The molecule has 0 aromatic heterocycles. The molecule has 0 amide bonds. The Morgan fingerprint density at radius 3 is 2.50 bits per heavy atom. The summed E-state index contributed by atoms with van der Waals surface area (Å²) >= 11 is 0. The van der Waals surface area contributed by atoms with E-state index in [4.69, 9.17) is 4.74 Å². The molecule has 2 N–H and O–H groups in total. The summed E-state index contributed by atoms with van der Waals surface area (Å²) in [7, 11) is 0. The minimum Gasteiger partial charge on any atom is -0.492 e. The van der Waals surface area contributed by atoms with Crippen LogP contribution in [0.2, 0.25) is 0 Å². The molecule has 4 nitrogen and oxygen atoms in total. The molecule has 1 rings (SSSR count). The van der Waals surface area contributed by atoms with Crippen molar-refractivity contribution in [2.75, 3.05) is 19.7 Å². The van der Waals surface area contributed by atoms with Crippen molar-refractivity contribution in [3.05, 3.63) is 30.3 Å². The zero-order valence-electron chi connectivity index (χ0n) is 13.0. The van der Waals surface area contributed by atoms with Crippen molar-refractivity contribution in [1.29, 1.82) is 0 Å². The van der Waals surface area contributed by atoms with Gasteiger partial charge in [-0.25, -0.2) is 4.99 Å². The number of benzene rings is 1. The quantitative estimate of drug-likeness (QED) is 0.457. The Hall–Kier alpha value is -1.71. The lowest BCUT2D eigenvalue weighted by molar-refractivity contribution is 0.328. The lowest BCUT2D eigenvalue weighted by Gasteiger charge is -2.20. The zero-order valence-corrected chi connectivity index (χ0v) is 13.0. The van der Waals surface area contributed by atoms with Gasteiger partial charge in [0.1, 0.15) is 12.4 Å². The summed E-state index contributed by atoms with van der Waals surface area (Å²) in [6.45, 7) is 10.7. The number of ether oxygens (including phenoxy) is 1. The fraction of sp³-hybridized carbons (Fsp3) is 0.562. The van der Waals surface area contributed by atoms with Crippen LogP contribution < -0.4 is 15.4 Å². The molecule has 0 fully saturated rings. The van der Waals surface area contributed by atoms with Crippen LogP contribution in [0.5, 0.6) is 5.75 Å². The van der Waals surface area contributed by atoms with Crippen molar-refractivity contribution in [2.24, 2.45) is 10.9 Å². The first kappa shape index (κ1) is 16.3. The van der Waals surface area contributed by atoms with Crippen molar-refractivity contribution < 1.29 is 4.74 Å². The van der Waals surface area contributed by atoms with Gasteiger partial charge in [0, 0.05) is 12.6 Å². The third kappa shape index (κ3) is 6.45. The highest BCUT2D eigenvalue weighted by Gasteiger charge is 2.08. The number of aliphatic imine (C=N–C) groups is 1. The van der Waals surface area contributed by atoms with Gasteiger partial charge in [0.15, 0.2) is 5.96 Å². The predicted molar refractivity (Wildman–Crippen MR) is 85.4 cm³/mol. The molecule has 0 heterocycles. The van der Waals surface area contributed by atoms with Gasteiger partial charge in [-0.1, -0.05) is 32.0 Å². The Morgan fingerprint density at radius 1 is 1.20 bits per heavy atom. The van der Waals surface area contributed by atoms with Crippen molar-refractivity contribution >= 4 is 5.96 Å². The molecule has 0 saturated heterocycles. The number of nitrogens with one attached hydrogen (secondary N) is 2. The van der Waals surface area contributed by atoms with Crippen LogP contribution in [0, 0.1) is 5.92 Å². The van der Waals surface area contributed by atoms with E-state index in [2.05, 4.69) is 43.3 Å². The van der Waals surface area contributed by atoms with Crippen molar-refractivity contribution in [3.8, 4) is 5.75 Å². The third-order valence-electron chi connectivity index (χ3n) is 3.08. The van der Waals surface area contributed by atoms with Crippen LogP contribution in [0.4, 0.5) is 0 Å². The monoisotopic (exact) mass is 277 g/mol. The lowest BCUT2D eigenvalue weighted by atomic mass is 10.1. The molecular formula is C16H27N3O. The van der Waals surface area contributed by atoms with Gasteiger partial charge in [-0.05, 0) is 31.9 Å². The lowest BCUT2D eigenvalue weighted by Crippen LogP contribution is -2.44. The number of hydrogen-bond acceptors (Lipinski definition) is 2. The highest BCUT2D eigenvalue weighted by Crippen LogP contribution is 2.07. The molecule has 20 heavy (non-hydrogen) atoms. The van der Waals surface area contributed by atoms with E-state index in [0.29, 0.717) is 25.1 Å². The Bertz CT molecular complexity index is 390. The largest absolute Gasteiger partial charge is 0.492 e.